The molecular formula is C16H21N3O2. The maximum absolute atomic E-state index is 9.06. The first-order chi connectivity index (χ1) is 10.2. The van der Waals surface area contributed by atoms with Crippen molar-refractivity contribution in [2.24, 2.45) is 0 Å². The summed E-state index contributed by atoms with van der Waals surface area (Å²) in [5.41, 5.74) is 1.72. The van der Waals surface area contributed by atoms with Crippen LogP contribution >= 0.6 is 0 Å². The third kappa shape index (κ3) is 2.62. The van der Waals surface area contributed by atoms with Gasteiger partial charge in [-0.2, -0.15) is 5.26 Å². The molecule has 3 rings (SSSR count). The Bertz CT molecular complexity index is 569. The molecular weight excluding hydrogens is 266 g/mol. The van der Waals surface area contributed by atoms with Gasteiger partial charge in [0, 0.05) is 26.2 Å². The number of benzene rings is 1. The highest BCUT2D eigenvalue weighted by Crippen LogP contribution is 2.33. The molecule has 0 amide bonds. The van der Waals surface area contributed by atoms with Crippen molar-refractivity contribution in [3.8, 4) is 11.8 Å². The highest BCUT2D eigenvalue weighted by molar-refractivity contribution is 5.46. The maximum Gasteiger partial charge on any atom is 0.136 e. The van der Waals surface area contributed by atoms with Gasteiger partial charge in [0.15, 0.2) is 0 Å². The zero-order valence-corrected chi connectivity index (χ0v) is 12.6. The van der Waals surface area contributed by atoms with Gasteiger partial charge in [0.1, 0.15) is 11.8 Å². The SMILES string of the molecule is COc1cc([C@H]2CN3CCNC[C@]3(C)CO2)ccc1C#N. The van der Waals surface area contributed by atoms with Crippen LogP contribution in [-0.4, -0.2) is 50.3 Å². The van der Waals surface area contributed by atoms with E-state index in [1.165, 1.54) is 0 Å². The first-order valence-corrected chi connectivity index (χ1v) is 7.32. The number of morpholine rings is 1. The van der Waals surface area contributed by atoms with Crippen molar-refractivity contribution < 1.29 is 9.47 Å². The van der Waals surface area contributed by atoms with Gasteiger partial charge in [-0.3, -0.25) is 4.90 Å². The lowest BCUT2D eigenvalue weighted by Crippen LogP contribution is -2.65. The summed E-state index contributed by atoms with van der Waals surface area (Å²) in [6, 6.07) is 7.85. The van der Waals surface area contributed by atoms with Crippen molar-refractivity contribution in [1.82, 2.24) is 10.2 Å². The summed E-state index contributed by atoms with van der Waals surface area (Å²) >= 11 is 0. The Balaban J connectivity index is 1.81. The van der Waals surface area contributed by atoms with Crippen molar-refractivity contribution in [2.45, 2.75) is 18.6 Å². The molecule has 2 heterocycles. The lowest BCUT2D eigenvalue weighted by Gasteiger charge is -2.50. The summed E-state index contributed by atoms with van der Waals surface area (Å²) < 4.78 is 11.4. The van der Waals surface area contributed by atoms with Crippen molar-refractivity contribution >= 4 is 0 Å². The molecule has 0 saturated carbocycles. The Labute approximate surface area is 125 Å². The lowest BCUT2D eigenvalue weighted by molar-refractivity contribution is -0.115. The molecule has 1 aromatic carbocycles. The summed E-state index contributed by atoms with van der Waals surface area (Å²) in [6.45, 7) is 6.88. The molecule has 0 aromatic heterocycles. The molecule has 1 aromatic rings. The Morgan fingerprint density at radius 2 is 2.38 bits per heavy atom. The van der Waals surface area contributed by atoms with E-state index < -0.39 is 0 Å². The predicted molar refractivity (Wildman–Crippen MR) is 79.2 cm³/mol. The second-order valence-corrected chi connectivity index (χ2v) is 5.99. The molecule has 5 heteroatoms. The fourth-order valence-corrected chi connectivity index (χ4v) is 3.14. The average molecular weight is 287 g/mol. The van der Waals surface area contributed by atoms with E-state index in [0.717, 1.165) is 31.7 Å². The number of nitrogens with one attached hydrogen (secondary N) is 1. The summed E-state index contributed by atoms with van der Waals surface area (Å²) in [6.07, 6.45) is 0.0396. The topological polar surface area (TPSA) is 57.5 Å². The normalized spacial score (nSPS) is 29.5. The largest absolute Gasteiger partial charge is 0.495 e. The molecule has 1 N–H and O–H groups in total. The first-order valence-electron chi connectivity index (χ1n) is 7.32. The van der Waals surface area contributed by atoms with Crippen LogP contribution in [0.1, 0.15) is 24.2 Å². The molecule has 5 nitrogen and oxygen atoms in total. The van der Waals surface area contributed by atoms with E-state index in [1.54, 1.807) is 7.11 Å². The first kappa shape index (κ1) is 14.3. The minimum Gasteiger partial charge on any atom is -0.495 e. The van der Waals surface area contributed by atoms with E-state index in [0.29, 0.717) is 17.9 Å². The van der Waals surface area contributed by atoms with Crippen molar-refractivity contribution in [3.63, 3.8) is 0 Å². The van der Waals surface area contributed by atoms with Gasteiger partial charge < -0.3 is 14.8 Å². The van der Waals surface area contributed by atoms with Gasteiger partial charge in [-0.25, -0.2) is 0 Å². The van der Waals surface area contributed by atoms with Crippen LogP contribution in [0.4, 0.5) is 0 Å². The fraction of sp³-hybridized carbons (Fsp3) is 0.562. The molecule has 112 valence electrons. The number of nitrogens with zero attached hydrogens (tertiary/aromatic N) is 2. The van der Waals surface area contributed by atoms with Gasteiger partial charge in [0.25, 0.3) is 0 Å². The third-order valence-electron chi connectivity index (χ3n) is 4.53. The van der Waals surface area contributed by atoms with Gasteiger partial charge in [-0.15, -0.1) is 0 Å². The smallest absolute Gasteiger partial charge is 0.136 e. The van der Waals surface area contributed by atoms with Crippen LogP contribution in [0.25, 0.3) is 0 Å². The van der Waals surface area contributed by atoms with E-state index in [1.807, 2.05) is 18.2 Å². The highest BCUT2D eigenvalue weighted by Gasteiger charge is 2.40. The molecule has 2 aliphatic rings. The predicted octanol–water partition coefficient (Wildman–Crippen LogP) is 1.30. The monoisotopic (exact) mass is 287 g/mol. The van der Waals surface area contributed by atoms with E-state index in [9.17, 15) is 0 Å². The molecule has 21 heavy (non-hydrogen) atoms. The van der Waals surface area contributed by atoms with Crippen molar-refractivity contribution in [3.05, 3.63) is 29.3 Å². The number of fused-ring (bicyclic) bond motifs is 1. The molecule has 0 bridgehead atoms. The van der Waals surface area contributed by atoms with Crippen LogP contribution in [0.5, 0.6) is 5.75 Å². The molecule has 2 aliphatic heterocycles. The summed E-state index contributed by atoms with van der Waals surface area (Å²) in [5.74, 6) is 0.618. The third-order valence-corrected chi connectivity index (χ3v) is 4.53. The van der Waals surface area contributed by atoms with E-state index in [2.05, 4.69) is 23.2 Å². The van der Waals surface area contributed by atoms with E-state index in [4.69, 9.17) is 14.7 Å². The zero-order chi connectivity index (χ0) is 14.9. The highest BCUT2D eigenvalue weighted by atomic mass is 16.5. The van der Waals surface area contributed by atoms with Crippen LogP contribution in [0.3, 0.4) is 0 Å². The number of nitriles is 1. The number of hydrogen-bond donors (Lipinski definition) is 1. The molecule has 0 unspecified atom stereocenters. The Kier molecular flexibility index (Phi) is 3.85. The minimum absolute atomic E-state index is 0.0396. The Morgan fingerprint density at radius 1 is 1.52 bits per heavy atom. The number of methoxy groups -OCH3 is 1. The van der Waals surface area contributed by atoms with Gasteiger partial charge in [-0.05, 0) is 24.6 Å². The number of rotatable bonds is 2. The molecule has 2 fully saturated rings. The van der Waals surface area contributed by atoms with Gasteiger partial charge in [0.2, 0.25) is 0 Å². The minimum atomic E-state index is 0.0396. The summed E-state index contributed by atoms with van der Waals surface area (Å²) in [4.78, 5) is 2.50. The molecule has 2 saturated heterocycles. The van der Waals surface area contributed by atoms with Crippen LogP contribution in [0.15, 0.2) is 18.2 Å². The maximum atomic E-state index is 9.06. The van der Waals surface area contributed by atoms with Crippen LogP contribution in [-0.2, 0) is 4.74 Å². The van der Waals surface area contributed by atoms with Crippen molar-refractivity contribution in [2.75, 3.05) is 39.9 Å². The van der Waals surface area contributed by atoms with E-state index >= 15 is 0 Å². The number of piperazine rings is 1. The van der Waals surface area contributed by atoms with Crippen LogP contribution in [0, 0.1) is 11.3 Å². The van der Waals surface area contributed by atoms with Crippen LogP contribution < -0.4 is 10.1 Å². The van der Waals surface area contributed by atoms with Crippen molar-refractivity contribution in [1.29, 1.82) is 5.26 Å². The quantitative estimate of drug-likeness (QED) is 0.888. The zero-order valence-electron chi connectivity index (χ0n) is 12.6. The van der Waals surface area contributed by atoms with Gasteiger partial charge >= 0.3 is 0 Å². The van der Waals surface area contributed by atoms with Gasteiger partial charge in [-0.1, -0.05) is 6.07 Å². The van der Waals surface area contributed by atoms with Crippen LogP contribution in [0.2, 0.25) is 0 Å². The number of hydrogen-bond acceptors (Lipinski definition) is 5. The molecule has 0 radical (unpaired) electrons. The molecule has 0 spiro atoms. The van der Waals surface area contributed by atoms with Gasteiger partial charge in [0.05, 0.1) is 30.9 Å². The summed E-state index contributed by atoms with van der Waals surface area (Å²) in [5, 5.41) is 12.5. The molecule has 0 aliphatic carbocycles. The average Bonchev–Trinajstić information content (AvgIpc) is 2.53. The molecule has 2 atom stereocenters. The second-order valence-electron chi connectivity index (χ2n) is 5.99. The standard InChI is InChI=1S/C16H21N3O2/c1-16-10-18-5-6-19(16)9-15(21-11-16)12-3-4-13(8-17)14(7-12)20-2/h3-4,7,15,18H,5-6,9-11H2,1-2H3/t15-,16-/m1/s1. The number of ether oxygens (including phenoxy) is 2. The summed E-state index contributed by atoms with van der Waals surface area (Å²) in [7, 11) is 1.59. The van der Waals surface area contributed by atoms with E-state index in [-0.39, 0.29) is 11.6 Å². The second kappa shape index (κ2) is 5.64. The lowest BCUT2D eigenvalue weighted by atomic mass is 9.94. The Hall–Kier alpha value is -1.61. The fourth-order valence-electron chi connectivity index (χ4n) is 3.14. The Morgan fingerprint density at radius 3 is 3.14 bits per heavy atom.